The van der Waals surface area contributed by atoms with E-state index in [4.69, 9.17) is 9.47 Å². The number of benzene rings is 1. The molecule has 0 radical (unpaired) electrons. The SMILES string of the molecule is COc1cc(F)c(C2CNCc3ccsc32)cc1OC. The molecule has 0 bridgehead atoms. The predicted molar refractivity (Wildman–Crippen MR) is 77.4 cm³/mol. The summed E-state index contributed by atoms with van der Waals surface area (Å²) in [5.41, 5.74) is 1.90. The maximum Gasteiger partial charge on any atom is 0.163 e. The first-order valence-electron chi connectivity index (χ1n) is 6.43. The maximum atomic E-state index is 14.4. The summed E-state index contributed by atoms with van der Waals surface area (Å²) in [5, 5.41) is 5.40. The van der Waals surface area contributed by atoms with Crippen LogP contribution in [0.15, 0.2) is 23.6 Å². The van der Waals surface area contributed by atoms with Gasteiger partial charge in [-0.1, -0.05) is 0 Å². The third kappa shape index (κ3) is 2.17. The highest BCUT2D eigenvalue weighted by Gasteiger charge is 2.26. The van der Waals surface area contributed by atoms with Crippen molar-refractivity contribution >= 4 is 11.3 Å². The molecule has 2 heterocycles. The first kappa shape index (κ1) is 13.4. The van der Waals surface area contributed by atoms with E-state index >= 15 is 0 Å². The zero-order chi connectivity index (χ0) is 14.1. The van der Waals surface area contributed by atoms with Gasteiger partial charge in [0.25, 0.3) is 0 Å². The van der Waals surface area contributed by atoms with Gasteiger partial charge in [-0.15, -0.1) is 11.3 Å². The Hall–Kier alpha value is -1.59. The molecule has 1 aromatic heterocycles. The van der Waals surface area contributed by atoms with Crippen LogP contribution in [0.5, 0.6) is 11.5 Å². The van der Waals surface area contributed by atoms with Gasteiger partial charge in [-0.05, 0) is 23.1 Å². The number of thiophene rings is 1. The van der Waals surface area contributed by atoms with Crippen molar-refractivity contribution in [2.24, 2.45) is 0 Å². The van der Waals surface area contributed by atoms with Crippen molar-refractivity contribution in [2.75, 3.05) is 20.8 Å². The summed E-state index contributed by atoms with van der Waals surface area (Å²) in [6, 6.07) is 5.24. The predicted octanol–water partition coefficient (Wildman–Crippen LogP) is 3.14. The Morgan fingerprint density at radius 1 is 1.25 bits per heavy atom. The molecule has 1 N–H and O–H groups in total. The number of rotatable bonds is 3. The van der Waals surface area contributed by atoms with Crippen LogP contribution in [0.25, 0.3) is 0 Å². The normalized spacial score (nSPS) is 17.6. The molecular formula is C15H16FNO2S. The van der Waals surface area contributed by atoms with Crippen LogP contribution in [-0.4, -0.2) is 20.8 Å². The van der Waals surface area contributed by atoms with Crippen LogP contribution in [0.1, 0.15) is 21.9 Å². The molecule has 106 valence electrons. The van der Waals surface area contributed by atoms with Crippen LogP contribution in [0.3, 0.4) is 0 Å². The van der Waals surface area contributed by atoms with Crippen LogP contribution >= 0.6 is 11.3 Å². The first-order chi connectivity index (χ1) is 9.74. The summed E-state index contributed by atoms with van der Waals surface area (Å²) in [4.78, 5) is 1.23. The highest BCUT2D eigenvalue weighted by atomic mass is 32.1. The van der Waals surface area contributed by atoms with Crippen molar-refractivity contribution in [3.05, 3.63) is 45.4 Å². The lowest BCUT2D eigenvalue weighted by atomic mass is 9.91. The van der Waals surface area contributed by atoms with Gasteiger partial charge in [0.1, 0.15) is 5.82 Å². The fourth-order valence-corrected chi connectivity index (χ4v) is 3.68. The zero-order valence-electron chi connectivity index (χ0n) is 11.4. The maximum absolute atomic E-state index is 14.4. The molecule has 20 heavy (non-hydrogen) atoms. The Bertz CT molecular complexity index is 626. The van der Waals surface area contributed by atoms with Gasteiger partial charge in [-0.3, -0.25) is 0 Å². The number of halogens is 1. The van der Waals surface area contributed by atoms with Gasteiger partial charge in [0.2, 0.25) is 0 Å². The number of nitrogens with one attached hydrogen (secondary N) is 1. The van der Waals surface area contributed by atoms with E-state index < -0.39 is 0 Å². The largest absolute Gasteiger partial charge is 0.493 e. The Labute approximate surface area is 121 Å². The van der Waals surface area contributed by atoms with Gasteiger partial charge >= 0.3 is 0 Å². The highest BCUT2D eigenvalue weighted by Crippen LogP contribution is 2.39. The van der Waals surface area contributed by atoms with E-state index in [9.17, 15) is 4.39 Å². The molecule has 0 spiro atoms. The molecule has 3 rings (SSSR count). The van der Waals surface area contributed by atoms with Crippen LogP contribution < -0.4 is 14.8 Å². The van der Waals surface area contributed by atoms with Gasteiger partial charge in [0.05, 0.1) is 14.2 Å². The summed E-state index contributed by atoms with van der Waals surface area (Å²) in [6.45, 7) is 1.59. The van der Waals surface area contributed by atoms with Crippen molar-refractivity contribution in [2.45, 2.75) is 12.5 Å². The standard InChI is InChI=1S/C15H16FNO2S/c1-18-13-5-10(12(16)6-14(13)19-2)11-8-17-7-9-3-4-20-15(9)11/h3-6,11,17H,7-8H2,1-2H3. The van der Waals surface area contributed by atoms with Gasteiger partial charge < -0.3 is 14.8 Å². The molecule has 1 aliphatic heterocycles. The average Bonchev–Trinajstić information content (AvgIpc) is 2.95. The van der Waals surface area contributed by atoms with Crippen molar-refractivity contribution in [1.82, 2.24) is 5.32 Å². The molecule has 1 aromatic carbocycles. The quantitative estimate of drug-likeness (QED) is 0.943. The number of fused-ring (bicyclic) bond motifs is 1. The van der Waals surface area contributed by atoms with Gasteiger partial charge in [0, 0.05) is 35.5 Å². The molecule has 3 nitrogen and oxygen atoms in total. The van der Waals surface area contributed by atoms with Crippen LogP contribution in [-0.2, 0) is 6.54 Å². The molecule has 2 aromatic rings. The Morgan fingerprint density at radius 3 is 2.75 bits per heavy atom. The highest BCUT2D eigenvalue weighted by molar-refractivity contribution is 7.10. The minimum absolute atomic E-state index is 0.0264. The van der Waals surface area contributed by atoms with Crippen LogP contribution in [0, 0.1) is 5.82 Å². The monoisotopic (exact) mass is 293 g/mol. The second-order valence-corrected chi connectivity index (χ2v) is 5.67. The molecule has 1 aliphatic rings. The Morgan fingerprint density at radius 2 is 2.00 bits per heavy atom. The van der Waals surface area contributed by atoms with Crippen molar-refractivity contribution < 1.29 is 13.9 Å². The number of hydrogen-bond acceptors (Lipinski definition) is 4. The third-order valence-electron chi connectivity index (χ3n) is 3.64. The molecule has 1 atom stereocenters. The molecule has 0 aliphatic carbocycles. The van der Waals surface area contributed by atoms with E-state index in [0.29, 0.717) is 17.1 Å². The molecule has 1 unspecified atom stereocenters. The fourth-order valence-electron chi connectivity index (χ4n) is 2.63. The third-order valence-corrected chi connectivity index (χ3v) is 4.71. The molecule has 5 heteroatoms. The Kier molecular flexibility index (Phi) is 3.63. The lowest BCUT2D eigenvalue weighted by molar-refractivity contribution is 0.351. The number of methoxy groups -OCH3 is 2. The van der Waals surface area contributed by atoms with Crippen molar-refractivity contribution in [1.29, 1.82) is 0 Å². The minimum atomic E-state index is -0.254. The summed E-state index contributed by atoms with van der Waals surface area (Å²) in [6.07, 6.45) is 0. The second kappa shape index (κ2) is 5.42. The van der Waals surface area contributed by atoms with Gasteiger partial charge in [-0.2, -0.15) is 0 Å². The van der Waals surface area contributed by atoms with E-state index in [2.05, 4.69) is 16.8 Å². The Balaban J connectivity index is 2.08. The number of hydrogen-bond donors (Lipinski definition) is 1. The molecule has 0 saturated carbocycles. The van der Waals surface area contributed by atoms with E-state index in [1.54, 1.807) is 24.5 Å². The topological polar surface area (TPSA) is 30.5 Å². The number of ether oxygens (including phenoxy) is 2. The van der Waals surface area contributed by atoms with E-state index in [0.717, 1.165) is 13.1 Å². The fraction of sp³-hybridized carbons (Fsp3) is 0.333. The second-order valence-electron chi connectivity index (χ2n) is 4.72. The molecular weight excluding hydrogens is 277 g/mol. The summed E-state index contributed by atoms with van der Waals surface area (Å²) in [7, 11) is 3.08. The smallest absolute Gasteiger partial charge is 0.163 e. The minimum Gasteiger partial charge on any atom is -0.493 e. The van der Waals surface area contributed by atoms with Gasteiger partial charge in [-0.25, -0.2) is 4.39 Å². The summed E-state index contributed by atoms with van der Waals surface area (Å²) in [5.74, 6) is 0.755. The van der Waals surface area contributed by atoms with Gasteiger partial charge in [0.15, 0.2) is 11.5 Å². The van der Waals surface area contributed by atoms with Crippen LogP contribution in [0.4, 0.5) is 4.39 Å². The first-order valence-corrected chi connectivity index (χ1v) is 7.31. The van der Waals surface area contributed by atoms with E-state index in [1.165, 1.54) is 23.6 Å². The van der Waals surface area contributed by atoms with E-state index in [1.807, 2.05) is 0 Å². The van der Waals surface area contributed by atoms with Crippen molar-refractivity contribution in [3.8, 4) is 11.5 Å². The van der Waals surface area contributed by atoms with E-state index in [-0.39, 0.29) is 11.7 Å². The lowest BCUT2D eigenvalue weighted by Gasteiger charge is -2.25. The molecule has 0 fully saturated rings. The lowest BCUT2D eigenvalue weighted by Crippen LogP contribution is -2.28. The molecule has 0 amide bonds. The van der Waals surface area contributed by atoms with Crippen LogP contribution in [0.2, 0.25) is 0 Å². The zero-order valence-corrected chi connectivity index (χ0v) is 12.2. The van der Waals surface area contributed by atoms with Crippen molar-refractivity contribution in [3.63, 3.8) is 0 Å². The summed E-state index contributed by atoms with van der Waals surface area (Å²) >= 11 is 1.68. The molecule has 0 saturated heterocycles. The average molecular weight is 293 g/mol. The summed E-state index contributed by atoms with van der Waals surface area (Å²) < 4.78 is 24.8.